The van der Waals surface area contributed by atoms with Gasteiger partial charge in [0.15, 0.2) is 0 Å². The van der Waals surface area contributed by atoms with Crippen LogP contribution in [0, 0.1) is 13.8 Å². The normalized spacial score (nSPS) is 10.9. The zero-order valence-corrected chi connectivity index (χ0v) is 16.6. The summed E-state index contributed by atoms with van der Waals surface area (Å²) in [6.45, 7) is 7.95. The van der Waals surface area contributed by atoms with Crippen LogP contribution >= 0.6 is 0 Å². The molecule has 0 saturated carbocycles. The molecule has 0 unspecified atom stereocenters. The lowest BCUT2D eigenvalue weighted by Crippen LogP contribution is -2.28. The van der Waals surface area contributed by atoms with Crippen LogP contribution in [0.5, 0.6) is 0 Å². The summed E-state index contributed by atoms with van der Waals surface area (Å²) in [4.78, 5) is 29.7. The summed E-state index contributed by atoms with van der Waals surface area (Å²) in [5, 5.41) is 2.95. The minimum absolute atomic E-state index is 0.164. The predicted molar refractivity (Wildman–Crippen MR) is 106 cm³/mol. The predicted octanol–water partition coefficient (Wildman–Crippen LogP) is 3.06. The fourth-order valence-electron chi connectivity index (χ4n) is 3.11. The molecule has 2 aromatic rings. The Morgan fingerprint density at radius 1 is 1.19 bits per heavy atom. The maximum absolute atomic E-state index is 12.5. The van der Waals surface area contributed by atoms with E-state index in [1.165, 1.54) is 5.56 Å². The van der Waals surface area contributed by atoms with E-state index >= 15 is 0 Å². The van der Waals surface area contributed by atoms with Crippen molar-refractivity contribution in [3.05, 3.63) is 58.4 Å². The molecule has 0 bridgehead atoms. The molecular formula is C21H29N3O3. The number of carbonyl (C=O) groups excluding carboxylic acids is 2. The molecule has 146 valence electrons. The van der Waals surface area contributed by atoms with Crippen LogP contribution in [-0.4, -0.2) is 48.5 Å². The highest BCUT2D eigenvalue weighted by atomic mass is 16.5. The molecule has 1 aromatic heterocycles. The minimum Gasteiger partial charge on any atom is -0.461 e. The second-order valence-electron chi connectivity index (χ2n) is 6.68. The van der Waals surface area contributed by atoms with Crippen molar-refractivity contribution < 1.29 is 14.3 Å². The fraction of sp³-hybridized carbons (Fsp3) is 0.429. The van der Waals surface area contributed by atoms with E-state index in [1.54, 1.807) is 20.8 Å². The topological polar surface area (TPSA) is 74.4 Å². The zero-order valence-electron chi connectivity index (χ0n) is 16.6. The Balaban J connectivity index is 1.83. The minimum atomic E-state index is -0.431. The Labute approximate surface area is 160 Å². The van der Waals surface area contributed by atoms with E-state index in [9.17, 15) is 9.59 Å². The van der Waals surface area contributed by atoms with Crippen molar-refractivity contribution in [2.24, 2.45) is 0 Å². The molecule has 1 aromatic carbocycles. The van der Waals surface area contributed by atoms with Gasteiger partial charge in [0.25, 0.3) is 5.91 Å². The number of amides is 1. The van der Waals surface area contributed by atoms with Gasteiger partial charge in [-0.25, -0.2) is 4.79 Å². The standard InChI is InChI=1S/C21H29N3O3/c1-5-27-21(26)19-15(2)18(16(3)23-19)20(25)22-12-9-13-24(4)14-17-10-7-6-8-11-17/h6-8,10-11,23H,5,9,12-14H2,1-4H3,(H,22,25). The number of rotatable bonds is 9. The average Bonchev–Trinajstić information content (AvgIpc) is 2.94. The first-order chi connectivity index (χ1) is 12.9. The molecule has 0 saturated heterocycles. The number of nitrogens with one attached hydrogen (secondary N) is 2. The molecule has 6 heteroatoms. The molecule has 1 heterocycles. The van der Waals surface area contributed by atoms with Crippen LogP contribution in [0.4, 0.5) is 0 Å². The molecule has 2 rings (SSSR count). The third kappa shape index (κ3) is 5.69. The number of hydrogen-bond donors (Lipinski definition) is 2. The largest absolute Gasteiger partial charge is 0.461 e. The van der Waals surface area contributed by atoms with Crippen LogP contribution in [0.25, 0.3) is 0 Å². The van der Waals surface area contributed by atoms with Gasteiger partial charge in [-0.05, 0) is 51.9 Å². The Kier molecular flexibility index (Phi) is 7.61. The van der Waals surface area contributed by atoms with Gasteiger partial charge in [0.2, 0.25) is 0 Å². The summed E-state index contributed by atoms with van der Waals surface area (Å²) in [6.07, 6.45) is 0.850. The van der Waals surface area contributed by atoms with Crippen molar-refractivity contribution in [2.75, 3.05) is 26.7 Å². The van der Waals surface area contributed by atoms with Crippen LogP contribution < -0.4 is 5.32 Å². The first-order valence-electron chi connectivity index (χ1n) is 9.31. The van der Waals surface area contributed by atoms with Crippen LogP contribution in [0.2, 0.25) is 0 Å². The van der Waals surface area contributed by atoms with E-state index in [4.69, 9.17) is 4.74 Å². The summed E-state index contributed by atoms with van der Waals surface area (Å²) in [5.74, 6) is -0.595. The molecule has 0 aliphatic rings. The molecule has 0 aliphatic heterocycles. The summed E-state index contributed by atoms with van der Waals surface area (Å²) < 4.78 is 5.02. The summed E-state index contributed by atoms with van der Waals surface area (Å²) in [5.41, 5.74) is 3.45. The fourth-order valence-corrected chi connectivity index (χ4v) is 3.11. The van der Waals surface area contributed by atoms with Crippen LogP contribution in [0.3, 0.4) is 0 Å². The second kappa shape index (κ2) is 9.92. The third-order valence-corrected chi connectivity index (χ3v) is 4.44. The number of nitrogens with zero attached hydrogens (tertiary/aromatic N) is 1. The molecule has 0 spiro atoms. The Bertz CT molecular complexity index is 768. The first kappa shape index (κ1) is 20.7. The monoisotopic (exact) mass is 371 g/mol. The highest BCUT2D eigenvalue weighted by Crippen LogP contribution is 2.18. The maximum Gasteiger partial charge on any atom is 0.355 e. The second-order valence-corrected chi connectivity index (χ2v) is 6.68. The Morgan fingerprint density at radius 2 is 1.89 bits per heavy atom. The number of benzene rings is 1. The molecular weight excluding hydrogens is 342 g/mol. The highest BCUT2D eigenvalue weighted by Gasteiger charge is 2.22. The number of aromatic nitrogens is 1. The van der Waals surface area contributed by atoms with Crippen LogP contribution in [-0.2, 0) is 11.3 Å². The van der Waals surface area contributed by atoms with E-state index in [1.807, 2.05) is 18.2 Å². The van der Waals surface area contributed by atoms with Crippen molar-refractivity contribution in [3.8, 4) is 0 Å². The van der Waals surface area contributed by atoms with E-state index in [0.717, 1.165) is 19.5 Å². The van der Waals surface area contributed by atoms with E-state index in [2.05, 4.69) is 34.4 Å². The number of hydrogen-bond acceptors (Lipinski definition) is 4. The smallest absolute Gasteiger partial charge is 0.355 e. The number of ether oxygens (including phenoxy) is 1. The van der Waals surface area contributed by atoms with Crippen molar-refractivity contribution in [1.29, 1.82) is 0 Å². The molecule has 2 N–H and O–H groups in total. The lowest BCUT2D eigenvalue weighted by molar-refractivity contribution is 0.0519. The Morgan fingerprint density at radius 3 is 2.56 bits per heavy atom. The van der Waals surface area contributed by atoms with E-state index < -0.39 is 5.97 Å². The number of carbonyl (C=O) groups is 2. The van der Waals surface area contributed by atoms with Crippen LogP contribution in [0.15, 0.2) is 30.3 Å². The number of aromatic amines is 1. The van der Waals surface area contributed by atoms with Crippen molar-refractivity contribution in [3.63, 3.8) is 0 Å². The molecule has 0 aliphatic carbocycles. The quantitative estimate of drug-likeness (QED) is 0.525. The first-order valence-corrected chi connectivity index (χ1v) is 9.31. The van der Waals surface area contributed by atoms with Gasteiger partial charge in [-0.15, -0.1) is 0 Å². The Hall–Kier alpha value is -2.60. The molecule has 6 nitrogen and oxygen atoms in total. The van der Waals surface area contributed by atoms with Gasteiger partial charge < -0.3 is 19.9 Å². The molecule has 0 fully saturated rings. The van der Waals surface area contributed by atoms with Gasteiger partial charge in [0, 0.05) is 18.8 Å². The molecule has 0 radical (unpaired) electrons. The van der Waals surface area contributed by atoms with Gasteiger partial charge in [0.1, 0.15) is 5.69 Å². The number of aryl methyl sites for hydroxylation is 1. The summed E-state index contributed by atoms with van der Waals surface area (Å²) in [7, 11) is 2.07. The van der Waals surface area contributed by atoms with Gasteiger partial charge in [-0.3, -0.25) is 4.79 Å². The lowest BCUT2D eigenvalue weighted by atomic mass is 10.1. The third-order valence-electron chi connectivity index (χ3n) is 4.44. The van der Waals surface area contributed by atoms with E-state index in [0.29, 0.717) is 35.7 Å². The van der Waals surface area contributed by atoms with Crippen molar-refractivity contribution >= 4 is 11.9 Å². The lowest BCUT2D eigenvalue weighted by Gasteiger charge is -2.16. The van der Waals surface area contributed by atoms with E-state index in [-0.39, 0.29) is 5.91 Å². The van der Waals surface area contributed by atoms with Crippen molar-refractivity contribution in [1.82, 2.24) is 15.2 Å². The molecule has 1 amide bonds. The maximum atomic E-state index is 12.5. The number of esters is 1. The van der Waals surface area contributed by atoms with Gasteiger partial charge in [-0.2, -0.15) is 0 Å². The average molecular weight is 371 g/mol. The molecule has 27 heavy (non-hydrogen) atoms. The van der Waals surface area contributed by atoms with Crippen molar-refractivity contribution in [2.45, 2.75) is 33.7 Å². The van der Waals surface area contributed by atoms with Gasteiger partial charge >= 0.3 is 5.97 Å². The number of H-pyrrole nitrogens is 1. The summed E-state index contributed by atoms with van der Waals surface area (Å²) >= 11 is 0. The summed E-state index contributed by atoms with van der Waals surface area (Å²) in [6, 6.07) is 10.3. The zero-order chi connectivity index (χ0) is 19.8. The van der Waals surface area contributed by atoms with Gasteiger partial charge in [-0.1, -0.05) is 30.3 Å². The molecule has 0 atom stereocenters. The van der Waals surface area contributed by atoms with Crippen LogP contribution in [0.1, 0.15) is 51.0 Å². The van der Waals surface area contributed by atoms with Gasteiger partial charge in [0.05, 0.1) is 12.2 Å². The highest BCUT2D eigenvalue weighted by molar-refractivity contribution is 6.01. The SMILES string of the molecule is CCOC(=O)c1[nH]c(C)c(C(=O)NCCCN(C)Cc2ccccc2)c1C.